The summed E-state index contributed by atoms with van der Waals surface area (Å²) in [6.07, 6.45) is 0.172. The molecule has 19 heavy (non-hydrogen) atoms. The van der Waals surface area contributed by atoms with E-state index < -0.39 is 17.8 Å². The van der Waals surface area contributed by atoms with Crippen molar-refractivity contribution in [3.05, 3.63) is 30.1 Å². The molecule has 1 amide bonds. The molecule has 1 atom stereocenters. The monoisotopic (exact) mass is 286 g/mol. The normalized spacial score (nSPS) is 11.9. The number of amides is 1. The summed E-state index contributed by atoms with van der Waals surface area (Å²) in [4.78, 5) is 22.0. The highest BCUT2D eigenvalue weighted by Crippen LogP contribution is 2.13. The third kappa shape index (κ3) is 5.71. The lowest BCUT2D eigenvalue weighted by Gasteiger charge is -2.07. The molecular weight excluding hydrogens is 271 g/mol. The van der Waals surface area contributed by atoms with Crippen LogP contribution in [0.25, 0.3) is 0 Å². The van der Waals surface area contributed by atoms with Gasteiger partial charge in [-0.3, -0.25) is 9.59 Å². The molecular formula is C12H15FN2O3S. The summed E-state index contributed by atoms with van der Waals surface area (Å²) in [5.74, 6) is -1.20. The Hall–Kier alpha value is -1.60. The number of halogens is 1. The van der Waals surface area contributed by atoms with Crippen molar-refractivity contribution in [2.45, 2.75) is 12.5 Å². The average molecular weight is 286 g/mol. The van der Waals surface area contributed by atoms with E-state index in [0.717, 1.165) is 0 Å². The third-order valence-corrected chi connectivity index (χ3v) is 3.32. The molecule has 0 aliphatic rings. The van der Waals surface area contributed by atoms with Gasteiger partial charge in [-0.2, -0.15) is 11.8 Å². The van der Waals surface area contributed by atoms with E-state index in [1.807, 2.05) is 0 Å². The van der Waals surface area contributed by atoms with Gasteiger partial charge in [0.2, 0.25) is 5.91 Å². The molecule has 0 radical (unpaired) electrons. The SMILES string of the molecule is NC(CSCCC(=O)Nc1ccccc1F)C(=O)O. The van der Waals surface area contributed by atoms with Crippen LogP contribution in [0.4, 0.5) is 10.1 Å². The Morgan fingerprint density at radius 3 is 2.74 bits per heavy atom. The van der Waals surface area contributed by atoms with Crippen LogP contribution in [0.5, 0.6) is 0 Å². The largest absolute Gasteiger partial charge is 0.480 e. The van der Waals surface area contributed by atoms with Crippen LogP contribution in [-0.2, 0) is 9.59 Å². The van der Waals surface area contributed by atoms with Gasteiger partial charge in [-0.25, -0.2) is 4.39 Å². The number of benzene rings is 1. The lowest BCUT2D eigenvalue weighted by molar-refractivity contribution is -0.137. The summed E-state index contributed by atoms with van der Waals surface area (Å²) in [5, 5.41) is 11.0. The number of carbonyl (C=O) groups excluding carboxylic acids is 1. The summed E-state index contributed by atoms with van der Waals surface area (Å²) in [6.45, 7) is 0. The lowest BCUT2D eigenvalue weighted by Crippen LogP contribution is -2.32. The van der Waals surface area contributed by atoms with E-state index in [4.69, 9.17) is 10.8 Å². The van der Waals surface area contributed by atoms with Crippen molar-refractivity contribution in [3.63, 3.8) is 0 Å². The molecule has 1 aromatic carbocycles. The molecule has 1 rings (SSSR count). The van der Waals surface area contributed by atoms with Gasteiger partial charge in [0.25, 0.3) is 0 Å². The summed E-state index contributed by atoms with van der Waals surface area (Å²) < 4.78 is 13.2. The maximum absolute atomic E-state index is 13.2. The van der Waals surface area contributed by atoms with Crippen LogP contribution in [0.2, 0.25) is 0 Å². The summed E-state index contributed by atoms with van der Waals surface area (Å²) in [6, 6.07) is 4.96. The topological polar surface area (TPSA) is 92.4 Å². The fraction of sp³-hybridized carbons (Fsp3) is 0.333. The highest BCUT2D eigenvalue weighted by molar-refractivity contribution is 7.99. The first-order chi connectivity index (χ1) is 9.00. The van der Waals surface area contributed by atoms with Crippen LogP contribution in [-0.4, -0.2) is 34.5 Å². The quantitative estimate of drug-likeness (QED) is 0.657. The van der Waals surface area contributed by atoms with Gasteiger partial charge in [0.05, 0.1) is 5.69 Å². The highest BCUT2D eigenvalue weighted by atomic mass is 32.2. The molecule has 0 aliphatic heterocycles. The van der Waals surface area contributed by atoms with Gasteiger partial charge in [-0.15, -0.1) is 0 Å². The molecule has 0 spiro atoms. The summed E-state index contributed by atoms with van der Waals surface area (Å²) in [5.41, 5.74) is 5.44. The maximum atomic E-state index is 13.2. The van der Waals surface area contributed by atoms with Gasteiger partial charge in [-0.05, 0) is 12.1 Å². The van der Waals surface area contributed by atoms with E-state index in [9.17, 15) is 14.0 Å². The van der Waals surface area contributed by atoms with E-state index in [1.54, 1.807) is 6.07 Å². The van der Waals surface area contributed by atoms with E-state index >= 15 is 0 Å². The van der Waals surface area contributed by atoms with Crippen molar-refractivity contribution in [2.24, 2.45) is 5.73 Å². The second kappa shape index (κ2) is 7.75. The zero-order valence-corrected chi connectivity index (χ0v) is 11.0. The Morgan fingerprint density at radius 1 is 1.42 bits per heavy atom. The lowest BCUT2D eigenvalue weighted by atomic mass is 10.3. The second-order valence-corrected chi connectivity index (χ2v) is 4.95. The molecule has 7 heteroatoms. The number of rotatable bonds is 7. The number of hydrogen-bond donors (Lipinski definition) is 3. The Balaban J connectivity index is 2.26. The molecule has 104 valence electrons. The number of carbonyl (C=O) groups is 2. The van der Waals surface area contributed by atoms with Gasteiger partial charge in [0, 0.05) is 17.9 Å². The number of para-hydroxylation sites is 1. The first kappa shape index (κ1) is 15.5. The Morgan fingerprint density at radius 2 is 2.11 bits per heavy atom. The Bertz CT molecular complexity index is 456. The number of anilines is 1. The van der Waals surface area contributed by atoms with Crippen LogP contribution in [0.1, 0.15) is 6.42 Å². The van der Waals surface area contributed by atoms with Crippen molar-refractivity contribution in [3.8, 4) is 0 Å². The van der Waals surface area contributed by atoms with E-state index in [1.165, 1.54) is 30.0 Å². The van der Waals surface area contributed by atoms with Gasteiger partial charge >= 0.3 is 5.97 Å². The molecule has 0 saturated heterocycles. The average Bonchev–Trinajstić information content (AvgIpc) is 2.37. The van der Waals surface area contributed by atoms with Gasteiger partial charge in [0.15, 0.2) is 0 Å². The van der Waals surface area contributed by atoms with Crippen LogP contribution < -0.4 is 11.1 Å². The van der Waals surface area contributed by atoms with Crippen LogP contribution in [0.3, 0.4) is 0 Å². The predicted octanol–water partition coefficient (Wildman–Crippen LogP) is 1.30. The van der Waals surface area contributed by atoms with Crippen molar-refractivity contribution < 1.29 is 19.1 Å². The first-order valence-corrected chi connectivity index (χ1v) is 6.76. The maximum Gasteiger partial charge on any atom is 0.321 e. The molecule has 0 aliphatic carbocycles. The standard InChI is InChI=1S/C12H15FN2O3S/c13-8-3-1-2-4-10(8)15-11(16)5-6-19-7-9(14)12(17)18/h1-4,9H,5-7,14H2,(H,15,16)(H,17,18). The van der Waals surface area contributed by atoms with Crippen LogP contribution >= 0.6 is 11.8 Å². The third-order valence-electron chi connectivity index (χ3n) is 2.24. The van der Waals surface area contributed by atoms with Gasteiger partial charge in [-0.1, -0.05) is 12.1 Å². The fourth-order valence-corrected chi connectivity index (χ4v) is 2.11. The van der Waals surface area contributed by atoms with Crippen LogP contribution in [0, 0.1) is 5.82 Å². The molecule has 5 nitrogen and oxygen atoms in total. The van der Waals surface area contributed by atoms with Crippen LogP contribution in [0.15, 0.2) is 24.3 Å². The minimum absolute atomic E-state index is 0.139. The number of aliphatic carboxylic acids is 1. The predicted molar refractivity (Wildman–Crippen MR) is 72.6 cm³/mol. The Kier molecular flexibility index (Phi) is 6.31. The molecule has 0 fully saturated rings. The molecule has 1 unspecified atom stereocenters. The number of nitrogens with one attached hydrogen (secondary N) is 1. The summed E-state index contributed by atoms with van der Waals surface area (Å²) >= 11 is 1.27. The van der Waals surface area contributed by atoms with Crippen molar-refractivity contribution in [1.29, 1.82) is 0 Å². The number of thioether (sulfide) groups is 1. The number of nitrogens with two attached hydrogens (primary N) is 1. The smallest absolute Gasteiger partial charge is 0.321 e. The second-order valence-electron chi connectivity index (χ2n) is 3.80. The minimum Gasteiger partial charge on any atom is -0.480 e. The summed E-state index contributed by atoms with van der Waals surface area (Å²) in [7, 11) is 0. The molecule has 1 aromatic rings. The molecule has 0 bridgehead atoms. The van der Waals surface area contributed by atoms with E-state index in [2.05, 4.69) is 5.32 Å². The zero-order valence-electron chi connectivity index (χ0n) is 10.1. The van der Waals surface area contributed by atoms with Crippen molar-refractivity contribution in [2.75, 3.05) is 16.8 Å². The van der Waals surface area contributed by atoms with Crippen molar-refractivity contribution >= 4 is 29.3 Å². The highest BCUT2D eigenvalue weighted by Gasteiger charge is 2.11. The first-order valence-electron chi connectivity index (χ1n) is 5.61. The molecule has 0 aromatic heterocycles. The minimum atomic E-state index is -1.07. The number of hydrogen-bond acceptors (Lipinski definition) is 4. The molecule has 0 heterocycles. The van der Waals surface area contributed by atoms with Gasteiger partial charge < -0.3 is 16.2 Å². The molecule has 4 N–H and O–H groups in total. The van der Waals surface area contributed by atoms with E-state index in [0.29, 0.717) is 5.75 Å². The molecule has 0 saturated carbocycles. The van der Waals surface area contributed by atoms with E-state index in [-0.39, 0.29) is 23.8 Å². The Labute approximate surface area is 114 Å². The van der Waals surface area contributed by atoms with Gasteiger partial charge in [0.1, 0.15) is 11.9 Å². The fourth-order valence-electron chi connectivity index (χ4n) is 1.22. The number of carboxylic acids is 1. The number of carboxylic acid groups (broad SMARTS) is 1. The zero-order chi connectivity index (χ0) is 14.3. The van der Waals surface area contributed by atoms with Crippen molar-refractivity contribution in [1.82, 2.24) is 0 Å².